The molecule has 0 aliphatic heterocycles. The Bertz CT molecular complexity index is 1430. The summed E-state index contributed by atoms with van der Waals surface area (Å²) in [5.41, 5.74) is 3.93. The van der Waals surface area contributed by atoms with E-state index < -0.39 is 0 Å². The van der Waals surface area contributed by atoms with Crippen molar-refractivity contribution in [3.8, 4) is 11.5 Å². The molecular formula is C25H25N5O3. The fraction of sp³-hybridized carbons (Fsp3) is 0.280. The predicted molar refractivity (Wildman–Crippen MR) is 126 cm³/mol. The Morgan fingerprint density at radius 1 is 1.15 bits per heavy atom. The number of aryl methyl sites for hydroxylation is 2. The molecule has 1 saturated carbocycles. The number of carbonyl (C=O) groups excluding carboxylic acids is 1. The van der Waals surface area contributed by atoms with Gasteiger partial charge in [0.15, 0.2) is 0 Å². The number of rotatable bonds is 7. The molecule has 8 nitrogen and oxygen atoms in total. The largest absolute Gasteiger partial charge is 0.457 e. The van der Waals surface area contributed by atoms with Gasteiger partial charge in [0.25, 0.3) is 5.56 Å². The highest BCUT2D eigenvalue weighted by Crippen LogP contribution is 2.40. The molecule has 0 amide bonds. The number of benzene rings is 1. The van der Waals surface area contributed by atoms with Crippen LogP contribution in [0.5, 0.6) is 11.5 Å². The quantitative estimate of drug-likeness (QED) is 0.460. The molecule has 0 radical (unpaired) electrons. The highest BCUT2D eigenvalue weighted by Gasteiger charge is 2.25. The summed E-state index contributed by atoms with van der Waals surface area (Å²) in [4.78, 5) is 32.9. The summed E-state index contributed by atoms with van der Waals surface area (Å²) in [6.07, 6.45) is 6.16. The zero-order valence-electron chi connectivity index (χ0n) is 18.8. The Labute approximate surface area is 190 Å². The molecule has 8 heteroatoms. The Hall–Kier alpha value is -3.94. The molecule has 1 fully saturated rings. The topological polar surface area (TPSA) is 91.0 Å². The van der Waals surface area contributed by atoms with Gasteiger partial charge in [0, 0.05) is 45.0 Å². The van der Waals surface area contributed by atoms with Crippen molar-refractivity contribution in [2.24, 2.45) is 14.1 Å². The predicted octanol–water partition coefficient (Wildman–Crippen LogP) is 4.21. The van der Waals surface area contributed by atoms with Crippen molar-refractivity contribution < 1.29 is 9.53 Å². The number of carbonyl (C=O) groups is 1. The highest BCUT2D eigenvalue weighted by atomic mass is 16.5. The zero-order valence-corrected chi connectivity index (χ0v) is 18.8. The van der Waals surface area contributed by atoms with Crippen LogP contribution < -0.4 is 15.6 Å². The van der Waals surface area contributed by atoms with E-state index in [1.54, 1.807) is 29.9 Å². The van der Waals surface area contributed by atoms with Gasteiger partial charge >= 0.3 is 0 Å². The second-order valence-corrected chi connectivity index (χ2v) is 8.61. The zero-order chi connectivity index (χ0) is 23.1. The minimum Gasteiger partial charge on any atom is -0.457 e. The van der Waals surface area contributed by atoms with Crippen molar-refractivity contribution in [3.63, 3.8) is 0 Å². The van der Waals surface area contributed by atoms with Crippen molar-refractivity contribution in [1.82, 2.24) is 19.1 Å². The number of aromatic nitrogens is 4. The van der Waals surface area contributed by atoms with Crippen molar-refractivity contribution in [2.45, 2.75) is 32.1 Å². The van der Waals surface area contributed by atoms with Crippen molar-refractivity contribution in [1.29, 1.82) is 0 Å². The second kappa shape index (κ2) is 8.20. The number of hydrogen-bond donors (Lipinski definition) is 1. The van der Waals surface area contributed by atoms with Crippen LogP contribution in [-0.2, 0) is 25.3 Å². The van der Waals surface area contributed by atoms with E-state index in [-0.39, 0.29) is 17.8 Å². The maximum Gasteiger partial charge on any atom is 0.274 e. The molecule has 1 N–H and O–H groups in total. The number of ketones is 1. The number of Topliss-reactive ketones (excluding diaryl/α,β-unsaturated/α-hetero) is 1. The van der Waals surface area contributed by atoms with Crippen LogP contribution in [0.1, 0.15) is 36.9 Å². The van der Waals surface area contributed by atoms with Gasteiger partial charge in [0.2, 0.25) is 5.95 Å². The standard InChI is InChI=1S/C25H25N5O3/c1-15(31)10-18-12-20(8-9-26-18)33-19-6-7-21-23(13-19)30(3)25(27-21)28-22-11-17(16-4-5-16)14-29(2)24(22)32/h6-9,11-14,16H,4-5,10H2,1-3H3,(H,27,28). The lowest BCUT2D eigenvalue weighted by atomic mass is 10.2. The Morgan fingerprint density at radius 3 is 2.70 bits per heavy atom. The van der Waals surface area contributed by atoms with Crippen LogP contribution in [0.15, 0.2) is 53.6 Å². The fourth-order valence-corrected chi connectivity index (χ4v) is 3.94. The first-order valence-electron chi connectivity index (χ1n) is 10.9. The summed E-state index contributed by atoms with van der Waals surface area (Å²) in [5, 5.41) is 3.23. The van der Waals surface area contributed by atoms with Gasteiger partial charge in [-0.05, 0) is 55.5 Å². The van der Waals surface area contributed by atoms with E-state index in [0.29, 0.717) is 34.7 Å². The van der Waals surface area contributed by atoms with Crippen LogP contribution in [-0.4, -0.2) is 24.9 Å². The molecule has 0 saturated heterocycles. The number of ether oxygens (including phenoxy) is 1. The normalized spacial score (nSPS) is 13.3. The Balaban J connectivity index is 1.43. The first-order valence-corrected chi connectivity index (χ1v) is 10.9. The molecule has 0 atom stereocenters. The van der Waals surface area contributed by atoms with Gasteiger partial charge < -0.3 is 19.2 Å². The first-order chi connectivity index (χ1) is 15.9. The molecule has 1 aliphatic carbocycles. The van der Waals surface area contributed by atoms with Crippen LogP contribution in [0.2, 0.25) is 0 Å². The van der Waals surface area contributed by atoms with E-state index in [0.717, 1.165) is 11.0 Å². The number of hydrogen-bond acceptors (Lipinski definition) is 6. The number of fused-ring (bicyclic) bond motifs is 1. The fourth-order valence-electron chi connectivity index (χ4n) is 3.94. The van der Waals surface area contributed by atoms with Gasteiger partial charge in [-0.2, -0.15) is 0 Å². The summed E-state index contributed by atoms with van der Waals surface area (Å²) in [6, 6.07) is 11.1. The number of anilines is 2. The Morgan fingerprint density at radius 2 is 1.94 bits per heavy atom. The van der Waals surface area contributed by atoms with E-state index in [4.69, 9.17) is 4.74 Å². The average molecular weight is 444 g/mol. The third-order valence-corrected chi connectivity index (χ3v) is 5.81. The van der Waals surface area contributed by atoms with Crippen LogP contribution in [0.3, 0.4) is 0 Å². The van der Waals surface area contributed by atoms with E-state index >= 15 is 0 Å². The van der Waals surface area contributed by atoms with E-state index in [9.17, 15) is 9.59 Å². The highest BCUT2D eigenvalue weighted by molar-refractivity contribution is 5.81. The number of nitrogens with zero attached hydrogens (tertiary/aromatic N) is 4. The molecule has 3 heterocycles. The molecule has 168 valence electrons. The third-order valence-electron chi connectivity index (χ3n) is 5.81. The van der Waals surface area contributed by atoms with E-state index in [2.05, 4.69) is 15.3 Å². The average Bonchev–Trinajstić information content (AvgIpc) is 3.57. The monoisotopic (exact) mass is 443 g/mol. The lowest BCUT2D eigenvalue weighted by Crippen LogP contribution is -2.20. The maximum atomic E-state index is 12.7. The lowest BCUT2D eigenvalue weighted by Gasteiger charge is -2.10. The van der Waals surface area contributed by atoms with Gasteiger partial charge in [-0.3, -0.25) is 14.6 Å². The lowest BCUT2D eigenvalue weighted by molar-refractivity contribution is -0.116. The summed E-state index contributed by atoms with van der Waals surface area (Å²) in [7, 11) is 3.67. The summed E-state index contributed by atoms with van der Waals surface area (Å²) in [6.45, 7) is 1.54. The van der Waals surface area contributed by atoms with Crippen LogP contribution in [0.4, 0.5) is 11.6 Å². The molecule has 0 spiro atoms. The maximum absolute atomic E-state index is 12.7. The molecule has 33 heavy (non-hydrogen) atoms. The van der Waals surface area contributed by atoms with Crippen LogP contribution in [0, 0.1) is 0 Å². The van der Waals surface area contributed by atoms with Crippen molar-refractivity contribution in [2.75, 3.05) is 5.32 Å². The Kier molecular flexibility index (Phi) is 5.20. The van der Waals surface area contributed by atoms with Gasteiger partial charge in [0.1, 0.15) is 23.0 Å². The summed E-state index contributed by atoms with van der Waals surface area (Å²) < 4.78 is 9.54. The van der Waals surface area contributed by atoms with Crippen LogP contribution >= 0.6 is 0 Å². The van der Waals surface area contributed by atoms with Gasteiger partial charge in [0.05, 0.1) is 16.7 Å². The first kappa shape index (κ1) is 20.9. The molecule has 4 aromatic rings. The number of pyridine rings is 2. The molecule has 1 aromatic carbocycles. The summed E-state index contributed by atoms with van der Waals surface area (Å²) in [5.74, 6) is 2.43. The molecular weight excluding hydrogens is 418 g/mol. The van der Waals surface area contributed by atoms with Gasteiger partial charge in [-0.15, -0.1) is 0 Å². The van der Waals surface area contributed by atoms with Gasteiger partial charge in [-0.25, -0.2) is 4.98 Å². The van der Waals surface area contributed by atoms with Crippen molar-refractivity contribution >= 4 is 28.5 Å². The van der Waals surface area contributed by atoms with Crippen LogP contribution in [0.25, 0.3) is 11.0 Å². The molecule has 0 bridgehead atoms. The smallest absolute Gasteiger partial charge is 0.274 e. The molecule has 0 unspecified atom stereocenters. The van der Waals surface area contributed by atoms with E-state index in [1.165, 1.54) is 25.3 Å². The minimum absolute atomic E-state index is 0.0495. The van der Waals surface area contributed by atoms with Gasteiger partial charge in [-0.1, -0.05) is 0 Å². The number of nitrogens with one attached hydrogen (secondary N) is 1. The SMILES string of the molecule is CC(=O)Cc1cc(Oc2ccc3nc(Nc4cc(C5CC5)cn(C)c4=O)n(C)c3c2)ccn1. The third kappa shape index (κ3) is 4.37. The second-order valence-electron chi connectivity index (χ2n) is 8.61. The summed E-state index contributed by atoms with van der Waals surface area (Å²) >= 11 is 0. The van der Waals surface area contributed by atoms with E-state index in [1.807, 2.05) is 42.1 Å². The molecule has 5 rings (SSSR count). The minimum atomic E-state index is -0.0884. The molecule has 3 aromatic heterocycles. The number of imidazole rings is 1. The van der Waals surface area contributed by atoms with Crippen molar-refractivity contribution in [3.05, 3.63) is 70.4 Å². The molecule has 1 aliphatic rings.